The van der Waals surface area contributed by atoms with Crippen LogP contribution in [0.15, 0.2) is 121 Å². The van der Waals surface area contributed by atoms with Crippen LogP contribution >= 0.6 is 0 Å². The molecule has 0 amide bonds. The third kappa shape index (κ3) is 2.86. The summed E-state index contributed by atoms with van der Waals surface area (Å²) in [5.41, 5.74) is 0. The Labute approximate surface area is 152 Å². The van der Waals surface area contributed by atoms with Gasteiger partial charge in [-0.3, -0.25) is 0 Å². The molecule has 4 aromatic carbocycles. The van der Waals surface area contributed by atoms with Crippen molar-refractivity contribution >= 4 is 16.6 Å². The Morgan fingerprint density at radius 2 is 0.480 bits per heavy atom. The first-order chi connectivity index (χ1) is 12.4. The van der Waals surface area contributed by atoms with Gasteiger partial charge in [-0.25, -0.2) is 0 Å². The van der Waals surface area contributed by atoms with Crippen LogP contribution in [0.1, 0.15) is 0 Å². The summed E-state index contributed by atoms with van der Waals surface area (Å²) in [6.07, 6.45) is 0. The summed E-state index contributed by atoms with van der Waals surface area (Å²) >= 11 is -3.43. The van der Waals surface area contributed by atoms with E-state index < -0.39 is 14.8 Å². The van der Waals surface area contributed by atoms with Crippen LogP contribution in [0, 0.1) is 0 Å². The zero-order valence-corrected chi connectivity index (χ0v) is 17.2. The van der Waals surface area contributed by atoms with E-state index in [2.05, 4.69) is 121 Å². The second-order valence-electron chi connectivity index (χ2n) is 7.00. The number of benzene rings is 4. The van der Waals surface area contributed by atoms with Gasteiger partial charge in [0.05, 0.1) is 0 Å². The third-order valence-electron chi connectivity index (χ3n) is 5.82. The van der Waals surface area contributed by atoms with Gasteiger partial charge in [0.25, 0.3) is 0 Å². The molecular weight excluding hydrogens is 354 g/mol. The zero-order chi connectivity index (χ0) is 17.0. The molecule has 0 bridgehead atoms. The molecule has 0 aliphatic carbocycles. The number of rotatable bonds is 4. The molecule has 25 heavy (non-hydrogen) atoms. The van der Waals surface area contributed by atoms with Gasteiger partial charge in [-0.05, 0) is 0 Å². The van der Waals surface area contributed by atoms with Crippen molar-refractivity contribution in [3.63, 3.8) is 0 Å². The van der Waals surface area contributed by atoms with Crippen molar-refractivity contribution in [1.29, 1.82) is 0 Å². The van der Waals surface area contributed by atoms with Gasteiger partial charge in [-0.1, -0.05) is 0 Å². The predicted molar refractivity (Wildman–Crippen MR) is 104 cm³/mol. The van der Waals surface area contributed by atoms with Crippen molar-refractivity contribution in [2.24, 2.45) is 0 Å². The number of hydrogen-bond acceptors (Lipinski definition) is 0. The van der Waals surface area contributed by atoms with E-state index in [4.69, 9.17) is 0 Å². The molecule has 0 atom stereocenters. The topological polar surface area (TPSA) is 0 Å². The maximum atomic E-state index is 2.33. The summed E-state index contributed by atoms with van der Waals surface area (Å²) in [6, 6.07) is 44.5. The Kier molecular flexibility index (Phi) is 4.59. The fourth-order valence-electron chi connectivity index (χ4n) is 4.74. The Morgan fingerprint density at radius 3 is 0.680 bits per heavy atom. The molecule has 0 saturated heterocycles. The van der Waals surface area contributed by atoms with Gasteiger partial charge < -0.3 is 0 Å². The second-order valence-corrected chi connectivity index (χ2v) is 18.3. The first-order valence-corrected chi connectivity index (χ1v) is 15.0. The van der Waals surface area contributed by atoms with Crippen LogP contribution < -0.4 is 16.6 Å². The molecule has 0 unspecified atom stereocenters. The molecule has 0 fully saturated rings. The van der Waals surface area contributed by atoms with Crippen molar-refractivity contribution < 1.29 is 14.8 Å². The molecule has 4 rings (SSSR count). The van der Waals surface area contributed by atoms with Crippen molar-refractivity contribution in [3.8, 4) is 0 Å². The maximum absolute atomic E-state index is 3.43. The Balaban J connectivity index is 2.13. The SMILES string of the molecule is c1cc[c]([Zn]([c]2ccccc2)([c]2ccccc2)[c]2ccccc2)cc1. The second kappa shape index (κ2) is 7.17. The molecule has 0 aromatic heterocycles. The molecule has 0 nitrogen and oxygen atoms in total. The van der Waals surface area contributed by atoms with Crippen molar-refractivity contribution in [3.05, 3.63) is 121 Å². The Morgan fingerprint density at radius 1 is 0.280 bits per heavy atom. The normalized spacial score (nSPS) is 10.6. The minimum absolute atomic E-state index is 1.50. The predicted octanol–water partition coefficient (Wildman–Crippen LogP) is 3.44. The first kappa shape index (κ1) is 16.0. The third-order valence-corrected chi connectivity index (χ3v) is 20.1. The van der Waals surface area contributed by atoms with Crippen LogP contribution in [0.2, 0.25) is 0 Å². The van der Waals surface area contributed by atoms with Gasteiger partial charge in [-0.2, -0.15) is 0 Å². The molecule has 0 aliphatic rings. The van der Waals surface area contributed by atoms with E-state index in [1.165, 1.54) is 16.6 Å². The fourth-order valence-corrected chi connectivity index (χ4v) is 18.9. The molecule has 1 heteroatoms. The van der Waals surface area contributed by atoms with E-state index in [1.54, 1.807) is 0 Å². The average Bonchev–Trinajstić information content (AvgIpc) is 2.72. The molecule has 0 saturated carbocycles. The Bertz CT molecular complexity index is 753. The van der Waals surface area contributed by atoms with E-state index in [-0.39, 0.29) is 0 Å². The standard InChI is InChI=1S/4C6H5.Zn/c4*1-2-4-6-5-3-1;/h4*1-5H;. The van der Waals surface area contributed by atoms with Gasteiger partial charge in [0.1, 0.15) is 0 Å². The van der Waals surface area contributed by atoms with E-state index in [0.717, 1.165) is 0 Å². The molecule has 0 radical (unpaired) electrons. The van der Waals surface area contributed by atoms with Crippen LogP contribution in [-0.2, 0) is 14.8 Å². The van der Waals surface area contributed by atoms with Gasteiger partial charge in [0.15, 0.2) is 0 Å². The minimum atomic E-state index is -3.43. The van der Waals surface area contributed by atoms with E-state index in [9.17, 15) is 0 Å². The van der Waals surface area contributed by atoms with Crippen LogP contribution in [0.25, 0.3) is 0 Å². The van der Waals surface area contributed by atoms with Crippen molar-refractivity contribution in [2.75, 3.05) is 0 Å². The van der Waals surface area contributed by atoms with Crippen molar-refractivity contribution in [2.45, 2.75) is 0 Å². The molecule has 0 spiro atoms. The van der Waals surface area contributed by atoms with Gasteiger partial charge in [0, 0.05) is 0 Å². The van der Waals surface area contributed by atoms with E-state index in [0.29, 0.717) is 0 Å². The summed E-state index contributed by atoms with van der Waals surface area (Å²) in [7, 11) is 0. The monoisotopic (exact) mass is 372 g/mol. The zero-order valence-electron chi connectivity index (χ0n) is 14.3. The molecule has 118 valence electrons. The molecule has 4 aromatic rings. The summed E-state index contributed by atoms with van der Waals surface area (Å²) in [6.45, 7) is 0. The molecule has 0 aliphatic heterocycles. The summed E-state index contributed by atoms with van der Waals surface area (Å²) in [4.78, 5) is 0. The van der Waals surface area contributed by atoms with Gasteiger partial charge >= 0.3 is 153 Å². The molecular formula is C24H20Zn. The van der Waals surface area contributed by atoms with Crippen LogP contribution in [-0.4, -0.2) is 0 Å². The van der Waals surface area contributed by atoms with Gasteiger partial charge in [0.2, 0.25) is 0 Å². The van der Waals surface area contributed by atoms with Gasteiger partial charge in [-0.15, -0.1) is 0 Å². The Hall–Kier alpha value is -2.50. The van der Waals surface area contributed by atoms with E-state index in [1.807, 2.05) is 0 Å². The van der Waals surface area contributed by atoms with Crippen LogP contribution in [0.3, 0.4) is 0 Å². The van der Waals surface area contributed by atoms with E-state index >= 15 is 0 Å². The van der Waals surface area contributed by atoms with Crippen LogP contribution in [0.5, 0.6) is 0 Å². The summed E-state index contributed by atoms with van der Waals surface area (Å²) in [5, 5.41) is 0. The van der Waals surface area contributed by atoms with Crippen molar-refractivity contribution in [1.82, 2.24) is 0 Å². The summed E-state index contributed by atoms with van der Waals surface area (Å²) in [5.74, 6) is 0. The average molecular weight is 374 g/mol. The molecule has 0 N–H and O–H groups in total. The number of hydrogen-bond donors (Lipinski definition) is 0. The summed E-state index contributed by atoms with van der Waals surface area (Å²) < 4.78 is 5.98. The molecule has 0 heterocycles. The van der Waals surface area contributed by atoms with Crippen LogP contribution in [0.4, 0.5) is 0 Å². The quantitative estimate of drug-likeness (QED) is 0.481. The first-order valence-electron chi connectivity index (χ1n) is 9.06. The fraction of sp³-hybridized carbons (Fsp3) is 0.